The summed E-state index contributed by atoms with van der Waals surface area (Å²) in [7, 11) is 2.22. The monoisotopic (exact) mass is 409 g/mol. The highest BCUT2D eigenvalue weighted by Crippen LogP contribution is 2.35. The van der Waals surface area contributed by atoms with Crippen LogP contribution < -0.4 is 12.4 Å². The maximum absolute atomic E-state index is 13.6. The van der Waals surface area contributed by atoms with E-state index in [2.05, 4.69) is 67.1 Å². The van der Waals surface area contributed by atoms with Crippen molar-refractivity contribution in [3.63, 3.8) is 0 Å². The van der Waals surface area contributed by atoms with E-state index in [1.54, 1.807) is 0 Å². The van der Waals surface area contributed by atoms with Gasteiger partial charge in [0.15, 0.2) is 0 Å². The maximum Gasteiger partial charge on any atom is 0.258 e. The fourth-order valence-electron chi connectivity index (χ4n) is 4.74. The van der Waals surface area contributed by atoms with Crippen molar-refractivity contribution >= 4 is 5.91 Å². The molecule has 154 valence electrons. The van der Waals surface area contributed by atoms with E-state index >= 15 is 0 Å². The summed E-state index contributed by atoms with van der Waals surface area (Å²) in [4.78, 5) is 18.1. The first-order chi connectivity index (χ1) is 13.5. The van der Waals surface area contributed by atoms with Crippen molar-refractivity contribution in [1.29, 1.82) is 0 Å². The lowest BCUT2D eigenvalue weighted by Gasteiger charge is -2.35. The molecule has 0 radical (unpaired) electrons. The Morgan fingerprint density at radius 2 is 1.76 bits per heavy atom. The third-order valence-corrected chi connectivity index (χ3v) is 6.25. The van der Waals surface area contributed by atoms with Gasteiger partial charge in [0.1, 0.15) is 0 Å². The Bertz CT molecular complexity index is 873. The van der Waals surface area contributed by atoms with Crippen molar-refractivity contribution in [2.45, 2.75) is 51.6 Å². The molecule has 1 amide bonds. The molecular formula is C25H30ClN2O-. The highest BCUT2D eigenvalue weighted by atomic mass is 35.5. The van der Waals surface area contributed by atoms with Gasteiger partial charge in [0.2, 0.25) is 0 Å². The molecule has 1 fully saturated rings. The van der Waals surface area contributed by atoms with Crippen LogP contribution in [-0.2, 0) is 6.42 Å². The second kappa shape index (κ2) is 9.15. The van der Waals surface area contributed by atoms with Gasteiger partial charge in [0.05, 0.1) is 0 Å². The van der Waals surface area contributed by atoms with E-state index < -0.39 is 0 Å². The van der Waals surface area contributed by atoms with Crippen LogP contribution in [0.25, 0.3) is 0 Å². The van der Waals surface area contributed by atoms with Gasteiger partial charge in [0, 0.05) is 36.3 Å². The van der Waals surface area contributed by atoms with E-state index in [1.165, 1.54) is 24.1 Å². The predicted octanol–water partition coefficient (Wildman–Crippen LogP) is 1.74. The Morgan fingerprint density at radius 1 is 1.07 bits per heavy atom. The van der Waals surface area contributed by atoms with Gasteiger partial charge >= 0.3 is 0 Å². The number of amides is 1. The minimum absolute atomic E-state index is 0. The standard InChI is InChI=1S/C25H30N2O.ClH/c1-18-13-19(2)15-21(14-18)25(28)27(12-11-20-7-5-4-6-8-20)24-16-22-9-10-23(17-24)26(22)3;/h4-8,13-16,22-23H,9-12,17H2,1-3H3;1H/p-1. The molecule has 1 saturated heterocycles. The number of nitrogens with zero attached hydrogens (tertiary/aromatic N) is 2. The molecule has 29 heavy (non-hydrogen) atoms. The number of rotatable bonds is 5. The lowest BCUT2D eigenvalue weighted by Crippen LogP contribution is -3.00. The van der Waals surface area contributed by atoms with Crippen molar-refractivity contribution in [2.24, 2.45) is 0 Å². The summed E-state index contributed by atoms with van der Waals surface area (Å²) in [6.07, 6.45) is 6.62. The van der Waals surface area contributed by atoms with Crippen molar-refractivity contribution < 1.29 is 17.2 Å². The van der Waals surface area contributed by atoms with Gasteiger partial charge in [-0.3, -0.25) is 9.69 Å². The Labute approximate surface area is 180 Å². The second-order valence-corrected chi connectivity index (χ2v) is 8.39. The second-order valence-electron chi connectivity index (χ2n) is 8.39. The summed E-state index contributed by atoms with van der Waals surface area (Å²) >= 11 is 0. The Kier molecular flexibility index (Phi) is 6.81. The highest BCUT2D eigenvalue weighted by Gasteiger charge is 2.36. The molecule has 0 aromatic heterocycles. The Balaban J connectivity index is 0.00000240. The SMILES string of the molecule is Cc1cc(C)cc(C(=O)N(CCc2ccccc2)C2=CC3CCC(C2)N3C)c1.[Cl-]. The van der Waals surface area contributed by atoms with Crippen LogP contribution >= 0.6 is 0 Å². The summed E-state index contributed by atoms with van der Waals surface area (Å²) in [5.74, 6) is 0.137. The van der Waals surface area contributed by atoms with Crippen LogP contribution in [0.15, 0.2) is 60.3 Å². The molecule has 2 heterocycles. The van der Waals surface area contributed by atoms with Crippen LogP contribution in [0, 0.1) is 13.8 Å². The molecule has 2 aromatic rings. The number of halogens is 1. The van der Waals surface area contributed by atoms with Crippen LogP contribution in [-0.4, -0.2) is 41.4 Å². The molecule has 3 nitrogen and oxygen atoms in total. The van der Waals surface area contributed by atoms with E-state index in [0.717, 1.165) is 36.1 Å². The summed E-state index contributed by atoms with van der Waals surface area (Å²) in [6.45, 7) is 4.85. The molecule has 0 saturated carbocycles. The van der Waals surface area contributed by atoms with Gasteiger partial charge in [-0.25, -0.2) is 0 Å². The Hall–Kier alpha value is -2.10. The van der Waals surface area contributed by atoms with Crippen molar-refractivity contribution in [3.05, 3.63) is 82.6 Å². The number of aryl methyl sites for hydroxylation is 2. The molecule has 2 aromatic carbocycles. The molecule has 4 rings (SSSR count). The van der Waals surface area contributed by atoms with E-state index in [-0.39, 0.29) is 18.3 Å². The first kappa shape index (κ1) is 21.6. The Morgan fingerprint density at radius 3 is 2.41 bits per heavy atom. The van der Waals surface area contributed by atoms with Crippen molar-refractivity contribution in [1.82, 2.24) is 9.80 Å². The topological polar surface area (TPSA) is 23.6 Å². The largest absolute Gasteiger partial charge is 1.00 e. The minimum atomic E-state index is 0. The molecule has 2 aliphatic heterocycles. The number of hydrogen-bond donors (Lipinski definition) is 0. The average Bonchev–Trinajstić information content (AvgIpc) is 2.89. The molecule has 2 atom stereocenters. The predicted molar refractivity (Wildman–Crippen MR) is 114 cm³/mol. The molecule has 2 aliphatic rings. The van der Waals surface area contributed by atoms with Crippen molar-refractivity contribution in [3.8, 4) is 0 Å². The summed E-state index contributed by atoms with van der Waals surface area (Å²) in [5.41, 5.74) is 5.58. The van der Waals surface area contributed by atoms with E-state index in [4.69, 9.17) is 0 Å². The van der Waals surface area contributed by atoms with Gasteiger partial charge in [-0.15, -0.1) is 0 Å². The molecule has 0 N–H and O–H groups in total. The van der Waals surface area contributed by atoms with Gasteiger partial charge in [-0.1, -0.05) is 47.5 Å². The van der Waals surface area contributed by atoms with Gasteiger partial charge in [-0.05, 0) is 63.9 Å². The fraction of sp³-hybridized carbons (Fsp3) is 0.400. The zero-order chi connectivity index (χ0) is 19.7. The smallest absolute Gasteiger partial charge is 0.258 e. The number of carbonyl (C=O) groups excluding carboxylic acids is 1. The molecule has 2 unspecified atom stereocenters. The maximum atomic E-state index is 13.6. The molecule has 0 aliphatic carbocycles. The first-order valence-electron chi connectivity index (χ1n) is 10.4. The van der Waals surface area contributed by atoms with Crippen LogP contribution in [0.3, 0.4) is 0 Å². The average molecular weight is 410 g/mol. The van der Waals surface area contributed by atoms with E-state index in [9.17, 15) is 4.79 Å². The zero-order valence-electron chi connectivity index (χ0n) is 17.6. The molecule has 0 spiro atoms. The molecule has 2 bridgehead atoms. The van der Waals surface area contributed by atoms with Crippen LogP contribution in [0.5, 0.6) is 0 Å². The molecular weight excluding hydrogens is 380 g/mol. The van der Waals surface area contributed by atoms with E-state index in [0.29, 0.717) is 12.1 Å². The highest BCUT2D eigenvalue weighted by molar-refractivity contribution is 5.95. The van der Waals surface area contributed by atoms with Gasteiger partial charge in [-0.2, -0.15) is 0 Å². The number of hydrogen-bond acceptors (Lipinski definition) is 2. The normalized spacial score (nSPS) is 20.7. The third-order valence-electron chi connectivity index (χ3n) is 6.25. The number of likely N-dealkylation sites (N-methyl/N-ethyl adjacent to an activating group) is 1. The third kappa shape index (κ3) is 4.73. The fourth-order valence-corrected chi connectivity index (χ4v) is 4.74. The lowest BCUT2D eigenvalue weighted by molar-refractivity contribution is -0.0000160. The van der Waals surface area contributed by atoms with Crippen molar-refractivity contribution in [2.75, 3.05) is 13.6 Å². The summed E-state index contributed by atoms with van der Waals surface area (Å²) < 4.78 is 0. The summed E-state index contributed by atoms with van der Waals surface area (Å²) in [6, 6.07) is 17.7. The minimum Gasteiger partial charge on any atom is -1.00 e. The number of fused-ring (bicyclic) bond motifs is 2. The zero-order valence-corrected chi connectivity index (χ0v) is 18.3. The first-order valence-corrected chi connectivity index (χ1v) is 10.4. The lowest BCUT2D eigenvalue weighted by atomic mass is 10.0. The molecule has 4 heteroatoms. The van der Waals surface area contributed by atoms with Crippen LogP contribution in [0.2, 0.25) is 0 Å². The van der Waals surface area contributed by atoms with Gasteiger partial charge < -0.3 is 17.3 Å². The van der Waals surface area contributed by atoms with Gasteiger partial charge in [0.25, 0.3) is 5.91 Å². The van der Waals surface area contributed by atoms with Crippen LogP contribution in [0.1, 0.15) is 46.3 Å². The van der Waals surface area contributed by atoms with Crippen LogP contribution in [0.4, 0.5) is 0 Å². The number of carbonyl (C=O) groups is 1. The van der Waals surface area contributed by atoms with E-state index in [1.807, 2.05) is 18.2 Å². The quantitative estimate of drug-likeness (QED) is 0.751. The number of benzene rings is 2. The summed E-state index contributed by atoms with van der Waals surface area (Å²) in [5, 5.41) is 0.